The zero-order chi connectivity index (χ0) is 23.6. The van der Waals surface area contributed by atoms with Gasteiger partial charge in [-0.25, -0.2) is 4.79 Å². The molecular weight excluding hydrogens is 550 g/mol. The zero-order valence-electron chi connectivity index (χ0n) is 19.2. The molecule has 1 aromatic rings. The Morgan fingerprint density at radius 3 is 2.09 bits per heavy atom. The van der Waals surface area contributed by atoms with Crippen molar-refractivity contribution in [1.29, 1.82) is 0 Å². The first-order valence-electron chi connectivity index (χ1n) is 12.2. The van der Waals surface area contributed by atoms with E-state index >= 15 is 0 Å². The van der Waals surface area contributed by atoms with Crippen LogP contribution in [0.3, 0.4) is 0 Å². The number of hydrogen-bond acceptors (Lipinski definition) is 4. The molecule has 7 heteroatoms. The third-order valence-corrected chi connectivity index (χ3v) is 11.8. The lowest BCUT2D eigenvalue weighted by Crippen LogP contribution is -2.37. The first kappa shape index (κ1) is 23.5. The molecule has 4 fully saturated rings. The molecule has 0 aromatic heterocycles. The quantitative estimate of drug-likeness (QED) is 0.265. The van der Waals surface area contributed by atoms with Gasteiger partial charge in [0.25, 0.3) is 0 Å². The van der Waals surface area contributed by atoms with E-state index < -0.39 is 0 Å². The van der Waals surface area contributed by atoms with Gasteiger partial charge in [0.05, 0.1) is 23.1 Å². The van der Waals surface area contributed by atoms with Crippen LogP contribution in [0.5, 0.6) is 0 Å². The number of hydrogen-bond donors (Lipinski definition) is 0. The van der Waals surface area contributed by atoms with E-state index in [1.165, 1.54) is 11.3 Å². The van der Waals surface area contributed by atoms with Crippen molar-refractivity contribution in [2.45, 2.75) is 62.2 Å². The van der Waals surface area contributed by atoms with E-state index in [1.54, 1.807) is 24.3 Å². The Balaban J connectivity index is 1.30. The minimum Gasteiger partial charge on any atom is -0.458 e. The third-order valence-electron chi connectivity index (χ3n) is 8.57. The summed E-state index contributed by atoms with van der Waals surface area (Å²) in [5, 5.41) is 0. The van der Waals surface area contributed by atoms with Crippen LogP contribution in [0.25, 0.3) is 0 Å². The number of amides is 2. The number of anilines is 1. The van der Waals surface area contributed by atoms with Crippen LogP contribution in [-0.4, -0.2) is 33.5 Å². The zero-order valence-corrected chi connectivity index (χ0v) is 22.4. The van der Waals surface area contributed by atoms with Crippen LogP contribution in [-0.2, 0) is 14.3 Å². The van der Waals surface area contributed by atoms with Crippen LogP contribution >= 0.6 is 31.9 Å². The fraction of sp³-hybridized carbons (Fsp3) is 0.654. The summed E-state index contributed by atoms with van der Waals surface area (Å²) in [5.74, 6) is 0.760. The maximum absolute atomic E-state index is 13.2. The molecule has 1 aliphatic heterocycles. The topological polar surface area (TPSA) is 63.7 Å². The summed E-state index contributed by atoms with van der Waals surface area (Å²) in [4.78, 5) is 41.1. The Bertz CT molecular complexity index is 932. The van der Waals surface area contributed by atoms with Gasteiger partial charge < -0.3 is 4.74 Å². The van der Waals surface area contributed by atoms with E-state index in [1.807, 2.05) is 0 Å². The maximum atomic E-state index is 13.2. The summed E-state index contributed by atoms with van der Waals surface area (Å²) >= 11 is 7.45. The summed E-state index contributed by atoms with van der Waals surface area (Å²) in [6, 6.07) is 6.77. The first-order valence-corrected chi connectivity index (χ1v) is 14.0. The van der Waals surface area contributed by atoms with Gasteiger partial charge in [0.1, 0.15) is 6.10 Å². The van der Waals surface area contributed by atoms with Gasteiger partial charge in [-0.2, -0.15) is 0 Å². The van der Waals surface area contributed by atoms with Gasteiger partial charge in [0.2, 0.25) is 11.8 Å². The fourth-order valence-corrected chi connectivity index (χ4v) is 8.68. The molecule has 2 amide bonds. The molecule has 0 radical (unpaired) electrons. The second-order valence-corrected chi connectivity index (χ2v) is 12.9. The van der Waals surface area contributed by atoms with E-state index in [4.69, 9.17) is 4.74 Å². The Hall–Kier alpha value is -1.21. The molecule has 9 atom stereocenters. The molecule has 33 heavy (non-hydrogen) atoms. The normalized spacial score (nSPS) is 39.9. The lowest BCUT2D eigenvalue weighted by molar-refractivity contribution is -0.123. The number of nitrogens with zero attached hydrogens (tertiary/aromatic N) is 1. The summed E-state index contributed by atoms with van der Waals surface area (Å²) in [5.41, 5.74) is 0.999. The van der Waals surface area contributed by atoms with Crippen molar-refractivity contribution in [1.82, 2.24) is 0 Å². The number of ether oxygens (including phenoxy) is 1. The highest BCUT2D eigenvalue weighted by atomic mass is 79.9. The van der Waals surface area contributed by atoms with Crippen molar-refractivity contribution in [3.05, 3.63) is 29.8 Å². The number of rotatable bonds is 4. The number of esters is 1. The number of benzene rings is 1. The monoisotopic (exact) mass is 579 g/mol. The highest BCUT2D eigenvalue weighted by Crippen LogP contribution is 2.60. The largest absolute Gasteiger partial charge is 0.458 e. The van der Waals surface area contributed by atoms with Gasteiger partial charge in [-0.05, 0) is 73.1 Å². The lowest BCUT2D eigenvalue weighted by atomic mass is 9.75. The predicted octanol–water partition coefficient (Wildman–Crippen LogP) is 5.59. The second-order valence-electron chi connectivity index (χ2n) is 10.8. The van der Waals surface area contributed by atoms with E-state index in [0.29, 0.717) is 29.0 Å². The number of fused-ring (bicyclic) bond motifs is 5. The molecule has 0 spiro atoms. The van der Waals surface area contributed by atoms with Gasteiger partial charge in [-0.1, -0.05) is 59.1 Å². The Morgan fingerprint density at radius 2 is 1.55 bits per heavy atom. The van der Waals surface area contributed by atoms with Crippen LogP contribution in [0.2, 0.25) is 0 Å². The van der Waals surface area contributed by atoms with E-state index in [0.717, 1.165) is 19.3 Å². The van der Waals surface area contributed by atoms with E-state index in [2.05, 4.69) is 52.6 Å². The van der Waals surface area contributed by atoms with Gasteiger partial charge >= 0.3 is 5.97 Å². The van der Waals surface area contributed by atoms with Crippen molar-refractivity contribution in [3.63, 3.8) is 0 Å². The first-order chi connectivity index (χ1) is 15.7. The summed E-state index contributed by atoms with van der Waals surface area (Å²) < 4.78 is 5.95. The van der Waals surface area contributed by atoms with Crippen molar-refractivity contribution in [3.8, 4) is 0 Å². The second kappa shape index (κ2) is 8.78. The number of carbonyl (C=O) groups excluding carboxylic acids is 3. The van der Waals surface area contributed by atoms with Gasteiger partial charge in [0, 0.05) is 9.65 Å². The molecule has 1 heterocycles. The molecule has 5 rings (SSSR count). The van der Waals surface area contributed by atoms with Crippen LogP contribution in [0.15, 0.2) is 24.3 Å². The van der Waals surface area contributed by atoms with E-state index in [-0.39, 0.29) is 57.2 Å². The predicted molar refractivity (Wildman–Crippen MR) is 133 cm³/mol. The Morgan fingerprint density at radius 1 is 0.970 bits per heavy atom. The molecule has 2 bridgehead atoms. The van der Waals surface area contributed by atoms with Crippen LogP contribution < -0.4 is 4.90 Å². The number of imide groups is 1. The molecule has 3 saturated carbocycles. The number of carbonyl (C=O) groups is 3. The van der Waals surface area contributed by atoms with Crippen molar-refractivity contribution < 1.29 is 19.1 Å². The SMILES string of the molecule is CC1CCC(C(C)C)C(OC(=O)c2ccc(N3C(=O)[C@@H]4[C@H](C3=O)[C@@H]3C[C@H]4C(Br)C3Br)cc2)C1. The Labute approximate surface area is 212 Å². The number of halogens is 2. The minimum absolute atomic E-state index is 0.0630. The molecule has 3 aliphatic carbocycles. The molecule has 1 saturated heterocycles. The van der Waals surface area contributed by atoms with Gasteiger partial charge in [-0.15, -0.1) is 0 Å². The third kappa shape index (κ3) is 3.81. The summed E-state index contributed by atoms with van der Waals surface area (Å²) in [6.45, 7) is 6.60. The van der Waals surface area contributed by atoms with E-state index in [9.17, 15) is 14.4 Å². The van der Waals surface area contributed by atoms with Crippen molar-refractivity contribution in [2.24, 2.45) is 41.4 Å². The molecule has 1 aromatic carbocycles. The molecule has 0 N–H and O–H groups in total. The molecule has 178 valence electrons. The van der Waals surface area contributed by atoms with Crippen molar-refractivity contribution >= 4 is 55.3 Å². The van der Waals surface area contributed by atoms with Gasteiger partial charge in [-0.3, -0.25) is 14.5 Å². The standard InChI is InChI=1S/C26H31Br2NO4/c1-12(2)16-9-4-13(3)10-19(16)33-26(32)14-5-7-15(8-6-14)29-24(30)20-17-11-18(21(20)25(29)31)23(28)22(17)27/h5-8,12-13,16-23H,4,9-11H2,1-3H3/t13?,16?,17-,18+,19?,20+,21-,22?,23?. The molecule has 5 nitrogen and oxygen atoms in total. The molecule has 5 unspecified atom stereocenters. The van der Waals surface area contributed by atoms with Crippen molar-refractivity contribution in [2.75, 3.05) is 4.90 Å². The summed E-state index contributed by atoms with van der Waals surface area (Å²) in [7, 11) is 0. The molecular formula is C26H31Br2NO4. The molecule has 4 aliphatic rings. The lowest BCUT2D eigenvalue weighted by Gasteiger charge is -2.36. The average Bonchev–Trinajstić information content (AvgIpc) is 3.38. The van der Waals surface area contributed by atoms with Crippen LogP contribution in [0, 0.1) is 41.4 Å². The smallest absolute Gasteiger partial charge is 0.338 e. The number of alkyl halides is 2. The fourth-order valence-electron chi connectivity index (χ4n) is 6.81. The maximum Gasteiger partial charge on any atom is 0.338 e. The highest BCUT2D eigenvalue weighted by molar-refractivity contribution is 9.12. The Kier molecular flexibility index (Phi) is 6.26. The summed E-state index contributed by atoms with van der Waals surface area (Å²) in [6.07, 6.45) is 4.02. The van der Waals surface area contributed by atoms with Crippen LogP contribution in [0.1, 0.15) is 56.8 Å². The van der Waals surface area contributed by atoms with Crippen LogP contribution in [0.4, 0.5) is 5.69 Å². The highest BCUT2D eigenvalue weighted by Gasteiger charge is 2.66. The van der Waals surface area contributed by atoms with Gasteiger partial charge in [0.15, 0.2) is 0 Å². The average molecular weight is 581 g/mol. The minimum atomic E-state index is -0.329.